The first-order valence-electron chi connectivity index (χ1n) is 17.8. The van der Waals surface area contributed by atoms with Gasteiger partial charge in [-0.05, 0) is 52.9 Å². The number of methoxy groups -OCH3 is 1. The number of benzene rings is 3. The Morgan fingerprint density at radius 3 is 1.84 bits per heavy atom. The molecule has 0 aromatic heterocycles. The number of carbonyl (C=O) groups is 2. The van der Waals surface area contributed by atoms with Crippen LogP contribution in [0.2, 0.25) is 5.04 Å². The molecule has 0 saturated heterocycles. The van der Waals surface area contributed by atoms with Gasteiger partial charge in [-0.25, -0.2) is 4.79 Å². The normalized spacial score (nSPS) is 13.2. The summed E-state index contributed by atoms with van der Waals surface area (Å²) >= 11 is 0. The summed E-state index contributed by atoms with van der Waals surface area (Å²) in [6, 6.07) is 30.2. The second-order valence-electron chi connectivity index (χ2n) is 13.3. The largest absolute Gasteiger partial charge is 0.469 e. The first kappa shape index (κ1) is 40.0. The minimum Gasteiger partial charge on any atom is -0.469 e. The van der Waals surface area contributed by atoms with Crippen molar-refractivity contribution in [1.82, 2.24) is 0 Å². The molecule has 3 aromatic rings. The molecule has 0 radical (unpaired) electrons. The average molecular weight is 691 g/mol. The van der Waals surface area contributed by atoms with E-state index in [1.807, 2.05) is 36.4 Å². The fourth-order valence-electron chi connectivity index (χ4n) is 5.82. The third-order valence-electron chi connectivity index (χ3n) is 8.43. The van der Waals surface area contributed by atoms with E-state index in [0.29, 0.717) is 24.8 Å². The van der Waals surface area contributed by atoms with E-state index < -0.39 is 20.4 Å². The van der Waals surface area contributed by atoms with Crippen LogP contribution in [0.15, 0.2) is 127 Å². The molecule has 0 N–H and O–H groups in total. The highest BCUT2D eigenvalue weighted by Crippen LogP contribution is 2.38. The van der Waals surface area contributed by atoms with E-state index in [4.69, 9.17) is 13.9 Å². The molecule has 0 fully saturated rings. The lowest BCUT2D eigenvalue weighted by molar-refractivity contribution is -0.140. The summed E-state index contributed by atoms with van der Waals surface area (Å²) < 4.78 is 18.0. The number of carbonyl (C=O) groups excluding carboxylic acids is 2. The van der Waals surface area contributed by atoms with Crippen molar-refractivity contribution in [2.24, 2.45) is 0 Å². The van der Waals surface area contributed by atoms with Gasteiger partial charge >= 0.3 is 11.9 Å². The first-order chi connectivity index (χ1) is 24.2. The molecule has 0 aliphatic heterocycles. The zero-order valence-corrected chi connectivity index (χ0v) is 31.5. The van der Waals surface area contributed by atoms with E-state index in [1.54, 1.807) is 24.3 Å². The highest BCUT2D eigenvalue weighted by molar-refractivity contribution is 6.99. The number of allylic oxidation sites excluding steroid dienone is 4. The van der Waals surface area contributed by atoms with Gasteiger partial charge in [0.2, 0.25) is 0 Å². The molecule has 264 valence electrons. The number of rotatable bonds is 18. The monoisotopic (exact) mass is 690 g/mol. The summed E-state index contributed by atoms with van der Waals surface area (Å²) in [6.45, 7) is 9.06. The fraction of sp³-hybridized carbons (Fsp3) is 0.364. The molecular weight excluding hydrogens is 637 g/mol. The molecule has 0 bridgehead atoms. The molecule has 5 nitrogen and oxygen atoms in total. The number of hydrogen-bond acceptors (Lipinski definition) is 5. The Hall–Kier alpha value is -4.44. The molecule has 0 saturated carbocycles. The zero-order valence-electron chi connectivity index (χ0n) is 30.5. The van der Waals surface area contributed by atoms with E-state index >= 15 is 0 Å². The van der Waals surface area contributed by atoms with Crippen LogP contribution in [0.4, 0.5) is 0 Å². The lowest BCUT2D eigenvalue weighted by atomic mass is 10.1. The van der Waals surface area contributed by atoms with Crippen LogP contribution in [-0.2, 0) is 18.7 Å². The molecular formula is C44H54O5Si. The third kappa shape index (κ3) is 12.8. The molecule has 50 heavy (non-hydrogen) atoms. The van der Waals surface area contributed by atoms with Crippen molar-refractivity contribution in [3.8, 4) is 11.8 Å². The molecule has 0 amide bonds. The molecule has 0 heterocycles. The predicted molar refractivity (Wildman–Crippen MR) is 208 cm³/mol. The Balaban J connectivity index is 1.86. The van der Waals surface area contributed by atoms with Crippen molar-refractivity contribution in [3.05, 3.63) is 133 Å². The van der Waals surface area contributed by atoms with Crippen molar-refractivity contribution in [2.75, 3.05) is 7.11 Å². The van der Waals surface area contributed by atoms with E-state index in [2.05, 4.69) is 106 Å². The fourth-order valence-corrected chi connectivity index (χ4v) is 10.5. The topological polar surface area (TPSA) is 61.8 Å². The predicted octanol–water partition coefficient (Wildman–Crippen LogP) is 9.14. The van der Waals surface area contributed by atoms with Gasteiger partial charge in [0.05, 0.1) is 18.8 Å². The quantitative estimate of drug-likeness (QED) is 0.0438. The molecule has 6 heteroatoms. The van der Waals surface area contributed by atoms with Crippen LogP contribution < -0.4 is 10.4 Å². The maximum atomic E-state index is 12.8. The molecule has 3 aromatic carbocycles. The van der Waals surface area contributed by atoms with Gasteiger partial charge in [0.1, 0.15) is 6.10 Å². The van der Waals surface area contributed by atoms with Crippen LogP contribution in [0.25, 0.3) is 0 Å². The summed E-state index contributed by atoms with van der Waals surface area (Å²) in [5, 5.41) is 2.30. The Bertz CT molecular complexity index is 1540. The Morgan fingerprint density at radius 2 is 1.30 bits per heavy atom. The average Bonchev–Trinajstić information content (AvgIpc) is 3.13. The highest BCUT2D eigenvalue weighted by atomic mass is 28.4. The Kier molecular flexibility index (Phi) is 17.3. The Labute approximate surface area is 301 Å². The third-order valence-corrected chi connectivity index (χ3v) is 13.5. The van der Waals surface area contributed by atoms with Gasteiger partial charge < -0.3 is 13.9 Å². The van der Waals surface area contributed by atoms with Crippen LogP contribution in [0.1, 0.15) is 89.4 Å². The van der Waals surface area contributed by atoms with Crippen molar-refractivity contribution < 1.29 is 23.5 Å². The lowest BCUT2D eigenvalue weighted by Crippen LogP contribution is -2.67. The maximum absolute atomic E-state index is 12.8. The molecule has 0 aliphatic carbocycles. The van der Waals surface area contributed by atoms with E-state index in [1.165, 1.54) is 30.3 Å². The highest BCUT2D eigenvalue weighted by Gasteiger charge is 2.51. The molecule has 0 aliphatic rings. The molecule has 3 rings (SSSR count). The second kappa shape index (κ2) is 21.6. The standard InChI is InChI=1S/C44H54O5Si/c1-6-7-8-9-10-19-29-39(49-50(44(2,3)4,40-32-21-14-22-33-40)41-34-23-15-24-35-41)30-20-12-11-18-28-38(31-25-36-42(45)47-5)48-43(46)37-26-16-13-17-27-37/h11-18,20-24,26-28,30,32-35,38-39H,6-9,25,29,31,36H2,1-5H3/b12-11+,28-18+,30-20+/t38-,39-/m1/s1. The summed E-state index contributed by atoms with van der Waals surface area (Å²) in [4.78, 5) is 24.4. The van der Waals surface area contributed by atoms with Crippen molar-refractivity contribution in [2.45, 2.75) is 96.3 Å². The summed E-state index contributed by atoms with van der Waals surface area (Å²) in [5.41, 5.74) is 0.484. The van der Waals surface area contributed by atoms with Crippen molar-refractivity contribution >= 4 is 30.6 Å². The van der Waals surface area contributed by atoms with E-state index in [9.17, 15) is 9.59 Å². The van der Waals surface area contributed by atoms with Crippen LogP contribution in [-0.4, -0.2) is 39.6 Å². The summed E-state index contributed by atoms with van der Waals surface area (Å²) in [7, 11) is -1.42. The van der Waals surface area contributed by atoms with Gasteiger partial charge in [0.25, 0.3) is 8.32 Å². The van der Waals surface area contributed by atoms with Crippen LogP contribution in [0.5, 0.6) is 0 Å². The van der Waals surface area contributed by atoms with E-state index in [-0.39, 0.29) is 23.5 Å². The van der Waals surface area contributed by atoms with E-state index in [0.717, 1.165) is 12.8 Å². The first-order valence-corrected chi connectivity index (χ1v) is 19.7. The molecule has 0 spiro atoms. The smallest absolute Gasteiger partial charge is 0.338 e. The number of esters is 2. The second-order valence-corrected chi connectivity index (χ2v) is 17.5. The minimum atomic E-state index is -2.79. The van der Waals surface area contributed by atoms with Crippen LogP contribution in [0, 0.1) is 11.8 Å². The van der Waals surface area contributed by atoms with Gasteiger partial charge in [0, 0.05) is 19.3 Å². The SMILES string of the molecule is CCCCCC#CC[C@H](/C=C/C=C/C=C/[C@H](CCCC(=O)OC)OC(=O)c1ccccc1)O[Si](c1ccccc1)(c1ccccc1)C(C)(C)C. The number of hydrogen-bond donors (Lipinski definition) is 0. The number of ether oxygens (including phenoxy) is 2. The van der Waals surface area contributed by atoms with Crippen molar-refractivity contribution in [1.29, 1.82) is 0 Å². The Morgan fingerprint density at radius 1 is 0.740 bits per heavy atom. The van der Waals surface area contributed by atoms with Gasteiger partial charge in [0.15, 0.2) is 0 Å². The lowest BCUT2D eigenvalue weighted by Gasteiger charge is -2.44. The van der Waals surface area contributed by atoms with Crippen molar-refractivity contribution in [3.63, 3.8) is 0 Å². The van der Waals surface area contributed by atoms with Crippen LogP contribution >= 0.6 is 0 Å². The van der Waals surface area contributed by atoms with Gasteiger partial charge in [-0.2, -0.15) is 0 Å². The maximum Gasteiger partial charge on any atom is 0.338 e. The number of unbranched alkanes of at least 4 members (excludes halogenated alkanes) is 3. The summed E-state index contributed by atoms with van der Waals surface area (Å²) in [6.07, 6.45) is 17.2. The molecule has 0 unspecified atom stereocenters. The zero-order chi connectivity index (χ0) is 36.1. The van der Waals surface area contributed by atoms with Gasteiger partial charge in [-0.1, -0.05) is 150 Å². The van der Waals surface area contributed by atoms with Gasteiger partial charge in [-0.15, -0.1) is 11.8 Å². The van der Waals surface area contributed by atoms with Crippen LogP contribution in [0.3, 0.4) is 0 Å². The molecule has 2 atom stereocenters. The summed E-state index contributed by atoms with van der Waals surface area (Å²) in [5.74, 6) is 6.13. The van der Waals surface area contributed by atoms with Gasteiger partial charge in [-0.3, -0.25) is 4.79 Å². The minimum absolute atomic E-state index is 0.158.